The van der Waals surface area contributed by atoms with E-state index >= 15 is 8.78 Å². The summed E-state index contributed by atoms with van der Waals surface area (Å²) < 4.78 is 30.5. The second-order valence-electron chi connectivity index (χ2n) is 7.13. The molecule has 0 radical (unpaired) electrons. The minimum Gasteiger partial charge on any atom is -0.383 e. The van der Waals surface area contributed by atoms with Crippen LogP contribution in [-0.2, 0) is 12.5 Å². The van der Waals surface area contributed by atoms with Crippen LogP contribution < -0.4 is 11.1 Å². The highest BCUT2D eigenvalue weighted by Gasteiger charge is 2.39. The Hall–Kier alpha value is -2.86. The fraction of sp³-hybridized carbons (Fsp3) is 0.304. The molecule has 0 aliphatic rings. The van der Waals surface area contributed by atoms with Crippen molar-refractivity contribution in [3.8, 4) is 22.6 Å². The van der Waals surface area contributed by atoms with Crippen LogP contribution in [0.15, 0.2) is 54.6 Å². The van der Waals surface area contributed by atoms with Gasteiger partial charge in [0.1, 0.15) is 5.82 Å². The van der Waals surface area contributed by atoms with E-state index in [1.165, 1.54) is 6.07 Å². The number of rotatable bonds is 7. The lowest BCUT2D eigenvalue weighted by Crippen LogP contribution is -2.24. The summed E-state index contributed by atoms with van der Waals surface area (Å²) in [6.07, 6.45) is 0.367. The van der Waals surface area contributed by atoms with Gasteiger partial charge in [-0.25, -0.2) is 18.7 Å². The predicted molar refractivity (Wildman–Crippen MR) is 113 cm³/mol. The van der Waals surface area contributed by atoms with E-state index in [1.807, 2.05) is 30.3 Å². The van der Waals surface area contributed by atoms with Crippen LogP contribution in [0.25, 0.3) is 22.6 Å². The molecule has 0 saturated heterocycles. The van der Waals surface area contributed by atoms with E-state index in [1.54, 1.807) is 39.1 Å². The van der Waals surface area contributed by atoms with Gasteiger partial charge >= 0.3 is 0 Å². The molecule has 0 aliphatic heterocycles. The molecule has 0 amide bonds. The third kappa shape index (κ3) is 4.12. The third-order valence-electron chi connectivity index (χ3n) is 5.20. The Balaban J connectivity index is 2.27. The number of halogens is 2. The zero-order valence-electron chi connectivity index (χ0n) is 16.9. The predicted octanol–water partition coefficient (Wildman–Crippen LogP) is 5.25. The summed E-state index contributed by atoms with van der Waals surface area (Å²) in [5.41, 5.74) is 8.42. The van der Waals surface area contributed by atoms with Gasteiger partial charge in [-0.3, -0.25) is 0 Å². The van der Waals surface area contributed by atoms with Gasteiger partial charge in [-0.1, -0.05) is 68.4 Å². The van der Waals surface area contributed by atoms with E-state index in [2.05, 4.69) is 15.3 Å². The molecule has 3 N–H and O–H groups in total. The number of aromatic nitrogens is 2. The van der Waals surface area contributed by atoms with Crippen molar-refractivity contribution in [2.45, 2.75) is 32.7 Å². The van der Waals surface area contributed by atoms with Gasteiger partial charge in [-0.05, 0) is 13.5 Å². The largest absolute Gasteiger partial charge is 0.383 e. The van der Waals surface area contributed by atoms with E-state index in [0.29, 0.717) is 35.6 Å². The Labute approximate surface area is 170 Å². The number of nitrogens with one attached hydrogen (secondary N) is 1. The molecule has 0 fully saturated rings. The SMILES string of the molecule is CCC(C)C(F)(F)c1ccccc1-c1nc(-c2ccccc2)nc(N)c1CNC. The highest BCUT2D eigenvalue weighted by atomic mass is 19.3. The molecule has 6 heteroatoms. The first-order valence-electron chi connectivity index (χ1n) is 9.74. The zero-order valence-corrected chi connectivity index (χ0v) is 16.9. The van der Waals surface area contributed by atoms with Gasteiger partial charge in [0.2, 0.25) is 0 Å². The van der Waals surface area contributed by atoms with Gasteiger partial charge in [0.25, 0.3) is 5.92 Å². The number of nitrogens with zero attached hydrogens (tertiary/aromatic N) is 2. The molecule has 0 bridgehead atoms. The first-order valence-corrected chi connectivity index (χ1v) is 9.74. The van der Waals surface area contributed by atoms with Crippen molar-refractivity contribution in [3.05, 3.63) is 65.7 Å². The highest BCUT2D eigenvalue weighted by Crippen LogP contribution is 2.43. The van der Waals surface area contributed by atoms with Crippen molar-refractivity contribution in [2.24, 2.45) is 5.92 Å². The molecule has 29 heavy (non-hydrogen) atoms. The summed E-state index contributed by atoms with van der Waals surface area (Å²) in [5.74, 6) is -3.09. The van der Waals surface area contributed by atoms with Gasteiger partial charge in [-0.2, -0.15) is 0 Å². The van der Waals surface area contributed by atoms with E-state index in [9.17, 15) is 0 Å². The summed E-state index contributed by atoms with van der Waals surface area (Å²) in [5, 5.41) is 3.04. The molecule has 1 atom stereocenters. The first kappa shape index (κ1) is 20.9. The second kappa shape index (κ2) is 8.66. The maximum atomic E-state index is 15.2. The molecule has 0 aliphatic carbocycles. The molecule has 4 nitrogen and oxygen atoms in total. The molecule has 3 rings (SSSR count). The number of alkyl halides is 2. The quantitative estimate of drug-likeness (QED) is 0.572. The van der Waals surface area contributed by atoms with Gasteiger partial charge in [0, 0.05) is 34.7 Å². The van der Waals surface area contributed by atoms with E-state index in [-0.39, 0.29) is 11.4 Å². The standard InChI is InChI=1S/C23H26F2N4/c1-4-15(2)23(24,25)19-13-9-8-12-17(19)20-18(14-27-3)21(26)29-22(28-20)16-10-6-5-7-11-16/h5-13,15,27H,4,14H2,1-3H3,(H2,26,28,29). The first-order chi connectivity index (χ1) is 13.9. The maximum Gasteiger partial charge on any atom is 0.276 e. The topological polar surface area (TPSA) is 63.8 Å². The number of nitrogen functional groups attached to an aromatic ring is 1. The molecule has 0 spiro atoms. The van der Waals surface area contributed by atoms with Gasteiger partial charge in [0.15, 0.2) is 5.82 Å². The second-order valence-corrected chi connectivity index (χ2v) is 7.13. The zero-order chi connectivity index (χ0) is 21.0. The van der Waals surface area contributed by atoms with E-state index in [0.717, 1.165) is 5.56 Å². The van der Waals surface area contributed by atoms with Crippen LogP contribution in [0.5, 0.6) is 0 Å². The smallest absolute Gasteiger partial charge is 0.276 e. The Morgan fingerprint density at radius 2 is 1.69 bits per heavy atom. The number of anilines is 1. The highest BCUT2D eigenvalue weighted by molar-refractivity contribution is 5.74. The Morgan fingerprint density at radius 1 is 1.03 bits per heavy atom. The summed E-state index contributed by atoms with van der Waals surface area (Å²) in [6.45, 7) is 3.71. The maximum absolute atomic E-state index is 15.2. The summed E-state index contributed by atoms with van der Waals surface area (Å²) in [4.78, 5) is 9.12. The van der Waals surface area contributed by atoms with Crippen LogP contribution in [0.2, 0.25) is 0 Å². The average molecular weight is 396 g/mol. The lowest BCUT2D eigenvalue weighted by Gasteiger charge is -2.26. The Bertz CT molecular complexity index is 974. The molecule has 1 heterocycles. The van der Waals surface area contributed by atoms with E-state index < -0.39 is 11.8 Å². The van der Waals surface area contributed by atoms with Gasteiger partial charge < -0.3 is 11.1 Å². The minimum absolute atomic E-state index is 0.0381. The van der Waals surface area contributed by atoms with Crippen LogP contribution in [0.1, 0.15) is 31.4 Å². The van der Waals surface area contributed by atoms with Crippen molar-refractivity contribution in [3.63, 3.8) is 0 Å². The minimum atomic E-state index is -2.99. The van der Waals surface area contributed by atoms with Crippen molar-refractivity contribution in [1.29, 1.82) is 0 Å². The van der Waals surface area contributed by atoms with Crippen LogP contribution in [-0.4, -0.2) is 17.0 Å². The van der Waals surface area contributed by atoms with Crippen LogP contribution in [0.4, 0.5) is 14.6 Å². The van der Waals surface area contributed by atoms with Gasteiger partial charge in [-0.15, -0.1) is 0 Å². The Morgan fingerprint density at radius 3 is 2.34 bits per heavy atom. The summed E-state index contributed by atoms with van der Waals surface area (Å²) in [6, 6.07) is 15.9. The molecule has 3 aromatic rings. The van der Waals surface area contributed by atoms with Crippen LogP contribution in [0, 0.1) is 5.92 Å². The number of nitrogens with two attached hydrogens (primary N) is 1. The fourth-order valence-corrected chi connectivity index (χ4v) is 3.29. The lowest BCUT2D eigenvalue weighted by molar-refractivity contribution is -0.0589. The summed E-state index contributed by atoms with van der Waals surface area (Å²) in [7, 11) is 1.77. The van der Waals surface area contributed by atoms with Crippen LogP contribution in [0.3, 0.4) is 0 Å². The van der Waals surface area contributed by atoms with Gasteiger partial charge in [0.05, 0.1) is 5.69 Å². The molecule has 2 aromatic carbocycles. The summed E-state index contributed by atoms with van der Waals surface area (Å²) >= 11 is 0. The monoisotopic (exact) mass is 396 g/mol. The number of benzene rings is 2. The molecule has 1 unspecified atom stereocenters. The Kier molecular flexibility index (Phi) is 6.23. The number of hydrogen-bond acceptors (Lipinski definition) is 4. The van der Waals surface area contributed by atoms with Crippen molar-refractivity contribution >= 4 is 5.82 Å². The normalized spacial score (nSPS) is 12.7. The number of hydrogen-bond donors (Lipinski definition) is 2. The fourth-order valence-electron chi connectivity index (χ4n) is 3.29. The molecular weight excluding hydrogens is 370 g/mol. The van der Waals surface area contributed by atoms with Crippen molar-refractivity contribution < 1.29 is 8.78 Å². The van der Waals surface area contributed by atoms with Crippen LogP contribution >= 0.6 is 0 Å². The third-order valence-corrected chi connectivity index (χ3v) is 5.20. The molecule has 0 saturated carbocycles. The molecule has 152 valence electrons. The molecular formula is C23H26F2N4. The molecule has 1 aromatic heterocycles. The van der Waals surface area contributed by atoms with Crippen molar-refractivity contribution in [2.75, 3.05) is 12.8 Å². The average Bonchev–Trinajstić information content (AvgIpc) is 2.75. The van der Waals surface area contributed by atoms with Crippen molar-refractivity contribution in [1.82, 2.24) is 15.3 Å². The lowest BCUT2D eigenvalue weighted by atomic mass is 9.88. The van der Waals surface area contributed by atoms with E-state index in [4.69, 9.17) is 5.73 Å².